The van der Waals surface area contributed by atoms with Crippen LogP contribution in [0.1, 0.15) is 38.5 Å². The van der Waals surface area contributed by atoms with E-state index in [4.69, 9.17) is 5.73 Å². The largest absolute Gasteiger partial charge is 0.325 e. The van der Waals surface area contributed by atoms with Crippen LogP contribution in [-0.4, -0.2) is 11.5 Å². The number of hydrogen-bond donors (Lipinski definition) is 1. The highest BCUT2D eigenvalue weighted by Crippen LogP contribution is 2.52. The summed E-state index contributed by atoms with van der Waals surface area (Å²) < 4.78 is 26.3. The van der Waals surface area contributed by atoms with Gasteiger partial charge in [0.25, 0.3) is 0 Å². The molecule has 2 bridgehead atoms. The number of allylic oxidation sites excluding steroid dienone is 2. The second kappa shape index (κ2) is 3.28. The first-order valence-electron chi connectivity index (χ1n) is 6.34. The molecule has 2 fully saturated rings. The molecule has 2 N–H and O–H groups in total. The van der Waals surface area contributed by atoms with E-state index in [1.165, 1.54) is 6.42 Å². The van der Waals surface area contributed by atoms with Gasteiger partial charge in [0.15, 0.2) is 0 Å². The monoisotopic (exact) mass is 227 g/mol. The summed E-state index contributed by atoms with van der Waals surface area (Å²) in [6, 6.07) is 0. The van der Waals surface area contributed by atoms with Gasteiger partial charge in [-0.3, -0.25) is 0 Å². The molecular weight excluding hydrogens is 208 g/mol. The molecule has 3 rings (SSSR count). The van der Waals surface area contributed by atoms with Crippen molar-refractivity contribution in [3.05, 3.63) is 12.2 Å². The van der Waals surface area contributed by atoms with Crippen molar-refractivity contribution < 1.29 is 8.78 Å². The Balaban J connectivity index is 1.73. The lowest BCUT2D eigenvalue weighted by Crippen LogP contribution is -2.52. The smallest absolute Gasteiger partial charge is 0.248 e. The molecule has 0 amide bonds. The Morgan fingerprint density at radius 3 is 2.19 bits per heavy atom. The maximum absolute atomic E-state index is 13.2. The lowest BCUT2D eigenvalue weighted by atomic mass is 9.68. The maximum atomic E-state index is 13.2. The maximum Gasteiger partial charge on any atom is 0.248 e. The van der Waals surface area contributed by atoms with Crippen LogP contribution in [0, 0.1) is 17.8 Å². The van der Waals surface area contributed by atoms with Crippen molar-refractivity contribution in [3.63, 3.8) is 0 Å². The van der Waals surface area contributed by atoms with E-state index in [0.717, 1.165) is 6.42 Å². The van der Waals surface area contributed by atoms with Crippen molar-refractivity contribution in [1.29, 1.82) is 0 Å². The Labute approximate surface area is 95.1 Å². The fourth-order valence-electron chi connectivity index (χ4n) is 3.89. The fourth-order valence-corrected chi connectivity index (χ4v) is 3.89. The fraction of sp³-hybridized carbons (Fsp3) is 0.846. The standard InChI is InChI=1S/C13H19F2N/c14-13(15)5-3-12(16,4-6-13)11-8-9-1-2-10(11)7-9/h1-2,9-11H,3-8,16H2. The molecule has 90 valence electrons. The van der Waals surface area contributed by atoms with E-state index in [9.17, 15) is 8.78 Å². The molecule has 2 saturated carbocycles. The zero-order valence-corrected chi connectivity index (χ0v) is 9.46. The van der Waals surface area contributed by atoms with Gasteiger partial charge in [-0.25, -0.2) is 8.78 Å². The molecule has 0 aromatic carbocycles. The van der Waals surface area contributed by atoms with Gasteiger partial charge in [0, 0.05) is 18.4 Å². The molecular formula is C13H19F2N. The zero-order chi connectivity index (χ0) is 11.4. The van der Waals surface area contributed by atoms with Crippen LogP contribution in [0.25, 0.3) is 0 Å². The van der Waals surface area contributed by atoms with Crippen LogP contribution in [0.15, 0.2) is 12.2 Å². The van der Waals surface area contributed by atoms with Crippen LogP contribution < -0.4 is 5.73 Å². The van der Waals surface area contributed by atoms with Crippen molar-refractivity contribution >= 4 is 0 Å². The number of halogens is 2. The molecule has 0 spiro atoms. The van der Waals surface area contributed by atoms with Crippen LogP contribution in [0.5, 0.6) is 0 Å². The van der Waals surface area contributed by atoms with Crippen molar-refractivity contribution in [3.8, 4) is 0 Å². The average molecular weight is 227 g/mol. The Bertz CT molecular complexity index is 314. The van der Waals surface area contributed by atoms with Gasteiger partial charge in [0.1, 0.15) is 0 Å². The summed E-state index contributed by atoms with van der Waals surface area (Å²) in [5.41, 5.74) is 6.09. The second-order valence-electron chi connectivity index (χ2n) is 5.98. The molecule has 0 aromatic rings. The third-order valence-corrected chi connectivity index (χ3v) is 4.93. The highest BCUT2D eigenvalue weighted by atomic mass is 19.3. The minimum absolute atomic E-state index is 0.0128. The van der Waals surface area contributed by atoms with Crippen LogP contribution in [0.2, 0.25) is 0 Å². The molecule has 16 heavy (non-hydrogen) atoms. The molecule has 3 unspecified atom stereocenters. The van der Waals surface area contributed by atoms with E-state index in [1.807, 2.05) is 0 Å². The van der Waals surface area contributed by atoms with Gasteiger partial charge in [0.2, 0.25) is 5.92 Å². The molecule has 0 radical (unpaired) electrons. The van der Waals surface area contributed by atoms with E-state index in [2.05, 4.69) is 12.2 Å². The third kappa shape index (κ3) is 1.60. The van der Waals surface area contributed by atoms with E-state index in [-0.39, 0.29) is 18.4 Å². The number of fused-ring (bicyclic) bond motifs is 2. The van der Waals surface area contributed by atoms with Crippen molar-refractivity contribution in [2.45, 2.75) is 50.0 Å². The van der Waals surface area contributed by atoms with Crippen LogP contribution in [0.4, 0.5) is 8.78 Å². The first-order chi connectivity index (χ1) is 7.49. The lowest BCUT2D eigenvalue weighted by molar-refractivity contribution is -0.0604. The predicted octanol–water partition coefficient (Wildman–Crippen LogP) is 3.11. The van der Waals surface area contributed by atoms with Gasteiger partial charge in [-0.2, -0.15) is 0 Å². The summed E-state index contributed by atoms with van der Waals surface area (Å²) in [7, 11) is 0. The molecule has 0 aliphatic heterocycles. The minimum Gasteiger partial charge on any atom is -0.325 e. The SMILES string of the molecule is NC1(C2CC3C=CC2C3)CCC(F)(F)CC1. The van der Waals surface area contributed by atoms with E-state index >= 15 is 0 Å². The summed E-state index contributed by atoms with van der Waals surface area (Å²) in [6.45, 7) is 0. The van der Waals surface area contributed by atoms with Gasteiger partial charge < -0.3 is 5.73 Å². The van der Waals surface area contributed by atoms with Gasteiger partial charge in [-0.05, 0) is 43.4 Å². The number of alkyl halides is 2. The second-order valence-corrected chi connectivity index (χ2v) is 5.98. The third-order valence-electron chi connectivity index (χ3n) is 4.93. The van der Waals surface area contributed by atoms with Gasteiger partial charge in [0.05, 0.1) is 0 Å². The Morgan fingerprint density at radius 1 is 1.00 bits per heavy atom. The van der Waals surface area contributed by atoms with Crippen LogP contribution in [-0.2, 0) is 0 Å². The summed E-state index contributed by atoms with van der Waals surface area (Å²) in [4.78, 5) is 0. The summed E-state index contributed by atoms with van der Waals surface area (Å²) in [6.07, 6.45) is 7.86. The molecule has 3 heteroatoms. The Kier molecular flexibility index (Phi) is 2.19. The van der Waals surface area contributed by atoms with Crippen LogP contribution in [0.3, 0.4) is 0 Å². The quantitative estimate of drug-likeness (QED) is 0.684. The van der Waals surface area contributed by atoms with Crippen molar-refractivity contribution in [2.24, 2.45) is 23.5 Å². The van der Waals surface area contributed by atoms with Gasteiger partial charge in [-0.15, -0.1) is 0 Å². The predicted molar refractivity (Wildman–Crippen MR) is 59.2 cm³/mol. The van der Waals surface area contributed by atoms with Gasteiger partial charge in [-0.1, -0.05) is 12.2 Å². The molecule has 0 heterocycles. The summed E-state index contributed by atoms with van der Waals surface area (Å²) >= 11 is 0. The highest BCUT2D eigenvalue weighted by Gasteiger charge is 2.50. The zero-order valence-electron chi connectivity index (χ0n) is 9.46. The average Bonchev–Trinajstić information content (AvgIpc) is 2.85. The molecule has 1 nitrogen and oxygen atoms in total. The summed E-state index contributed by atoms with van der Waals surface area (Å²) in [5, 5.41) is 0. The number of hydrogen-bond acceptors (Lipinski definition) is 1. The van der Waals surface area contributed by atoms with Crippen molar-refractivity contribution in [1.82, 2.24) is 0 Å². The minimum atomic E-state index is -2.46. The van der Waals surface area contributed by atoms with E-state index < -0.39 is 5.92 Å². The van der Waals surface area contributed by atoms with E-state index in [1.54, 1.807) is 0 Å². The normalized spacial score (nSPS) is 43.8. The first kappa shape index (κ1) is 10.7. The lowest BCUT2D eigenvalue weighted by Gasteiger charge is -2.43. The number of nitrogens with two attached hydrogens (primary N) is 1. The molecule has 3 aliphatic carbocycles. The first-order valence-corrected chi connectivity index (χ1v) is 6.34. The molecule has 3 aliphatic rings. The number of rotatable bonds is 1. The highest BCUT2D eigenvalue weighted by molar-refractivity contribution is 5.15. The topological polar surface area (TPSA) is 26.0 Å². The molecule has 0 aromatic heterocycles. The Hall–Kier alpha value is -0.440. The van der Waals surface area contributed by atoms with Gasteiger partial charge >= 0.3 is 0 Å². The molecule has 3 atom stereocenters. The van der Waals surface area contributed by atoms with E-state index in [0.29, 0.717) is 30.6 Å². The Morgan fingerprint density at radius 2 is 1.69 bits per heavy atom. The summed E-state index contributed by atoms with van der Waals surface area (Å²) in [5.74, 6) is -0.755. The van der Waals surface area contributed by atoms with Crippen LogP contribution >= 0.6 is 0 Å². The molecule has 0 saturated heterocycles. The van der Waals surface area contributed by atoms with Crippen molar-refractivity contribution in [2.75, 3.05) is 0 Å².